The molecule has 0 aromatic heterocycles. The van der Waals surface area contributed by atoms with Gasteiger partial charge in [0.2, 0.25) is 0 Å². The Morgan fingerprint density at radius 2 is 1.95 bits per heavy atom. The number of aryl methyl sites for hydroxylation is 1. The highest BCUT2D eigenvalue weighted by Gasteiger charge is 2.31. The van der Waals surface area contributed by atoms with Gasteiger partial charge in [-0.25, -0.2) is 8.42 Å². The number of carbonyl (C=O) groups is 1. The Morgan fingerprint density at radius 1 is 1.33 bits per heavy atom. The lowest BCUT2D eigenvalue weighted by molar-refractivity contribution is 0.0907. The molecule has 1 aromatic rings. The van der Waals surface area contributed by atoms with E-state index in [2.05, 4.69) is 5.32 Å². The topological polar surface area (TPSA) is 63.2 Å². The number of halogens is 1. The van der Waals surface area contributed by atoms with Crippen molar-refractivity contribution in [3.05, 3.63) is 29.3 Å². The van der Waals surface area contributed by atoms with E-state index in [9.17, 15) is 13.2 Å². The maximum Gasteiger partial charge on any atom is 0.261 e. The molecule has 4 nitrogen and oxygen atoms in total. The average Bonchev–Trinajstić information content (AvgIpc) is 2.83. The maximum atomic E-state index is 12.5. The number of hydrogen-bond donors (Lipinski definition) is 1. The van der Waals surface area contributed by atoms with Crippen LogP contribution in [0.15, 0.2) is 23.1 Å². The Kier molecular flexibility index (Phi) is 4.63. The van der Waals surface area contributed by atoms with Gasteiger partial charge in [-0.2, -0.15) is 0 Å². The molecule has 0 atom stereocenters. The molecule has 0 aliphatic heterocycles. The molecule has 116 valence electrons. The zero-order valence-electron chi connectivity index (χ0n) is 12.3. The minimum atomic E-state index is -3.83. The second kappa shape index (κ2) is 5.97. The molecule has 21 heavy (non-hydrogen) atoms. The van der Waals surface area contributed by atoms with Crippen LogP contribution in [-0.2, 0) is 15.5 Å². The molecule has 0 saturated heterocycles. The molecule has 0 radical (unpaired) electrons. The molecule has 1 fully saturated rings. The van der Waals surface area contributed by atoms with Crippen LogP contribution in [0.2, 0.25) is 0 Å². The highest BCUT2D eigenvalue weighted by Crippen LogP contribution is 2.29. The number of amides is 1. The maximum absolute atomic E-state index is 12.5. The summed E-state index contributed by atoms with van der Waals surface area (Å²) in [7, 11) is 1.53. The van der Waals surface area contributed by atoms with E-state index in [1.807, 2.05) is 13.8 Å². The van der Waals surface area contributed by atoms with Crippen LogP contribution in [0.25, 0.3) is 0 Å². The van der Waals surface area contributed by atoms with Crippen molar-refractivity contribution in [2.24, 2.45) is 0 Å². The molecule has 6 heteroatoms. The van der Waals surface area contributed by atoms with Crippen molar-refractivity contribution in [2.45, 2.75) is 56.4 Å². The predicted molar refractivity (Wildman–Crippen MR) is 83.2 cm³/mol. The largest absolute Gasteiger partial charge is 0.347 e. The summed E-state index contributed by atoms with van der Waals surface area (Å²) in [4.78, 5) is 12.5. The van der Waals surface area contributed by atoms with Crippen molar-refractivity contribution in [3.8, 4) is 0 Å². The number of hydrogen-bond acceptors (Lipinski definition) is 3. The second-order valence-electron chi connectivity index (χ2n) is 5.83. The van der Waals surface area contributed by atoms with Crippen LogP contribution in [-0.4, -0.2) is 19.9 Å². The summed E-state index contributed by atoms with van der Waals surface area (Å²) in [5.74, 6) is -0.224. The van der Waals surface area contributed by atoms with Crippen LogP contribution in [0.5, 0.6) is 0 Å². The molecule has 1 amide bonds. The van der Waals surface area contributed by atoms with Gasteiger partial charge in [0, 0.05) is 21.8 Å². The Bertz CT molecular complexity index is 649. The van der Waals surface area contributed by atoms with Crippen LogP contribution >= 0.6 is 10.7 Å². The van der Waals surface area contributed by atoms with Crippen molar-refractivity contribution >= 4 is 25.6 Å². The molecule has 1 N–H and O–H groups in total. The average molecular weight is 330 g/mol. The van der Waals surface area contributed by atoms with E-state index in [0.717, 1.165) is 31.2 Å². The molecular formula is C15H20ClNO3S. The summed E-state index contributed by atoms with van der Waals surface area (Å²) in [6.45, 7) is 3.96. The van der Waals surface area contributed by atoms with Crippen molar-refractivity contribution in [1.82, 2.24) is 5.32 Å². The van der Waals surface area contributed by atoms with Gasteiger partial charge < -0.3 is 5.32 Å². The third-order valence-corrected chi connectivity index (χ3v) is 5.46. The zero-order valence-corrected chi connectivity index (χ0v) is 13.9. The zero-order chi connectivity index (χ0) is 15.7. The molecule has 1 aromatic carbocycles. The summed E-state index contributed by atoms with van der Waals surface area (Å²) >= 11 is 0. The monoisotopic (exact) mass is 329 g/mol. The third-order valence-electron chi connectivity index (χ3n) is 4.11. The van der Waals surface area contributed by atoms with Gasteiger partial charge in [-0.1, -0.05) is 25.8 Å². The summed E-state index contributed by atoms with van der Waals surface area (Å²) in [5.41, 5.74) is 1.02. The van der Waals surface area contributed by atoms with Crippen LogP contribution in [0.4, 0.5) is 0 Å². The van der Waals surface area contributed by atoms with Gasteiger partial charge in [0.05, 0.1) is 4.90 Å². The van der Waals surface area contributed by atoms with E-state index in [1.165, 1.54) is 12.1 Å². The van der Waals surface area contributed by atoms with Crippen LogP contribution in [0, 0.1) is 0 Å². The molecular weight excluding hydrogens is 310 g/mol. The SMILES string of the molecule is CCc1ccc(S(=O)(=O)Cl)cc1C(=O)NC1(C)CCCC1. The Labute approximate surface area is 130 Å². The van der Waals surface area contributed by atoms with Gasteiger partial charge in [-0.15, -0.1) is 0 Å². The smallest absolute Gasteiger partial charge is 0.261 e. The number of nitrogens with one attached hydrogen (secondary N) is 1. The van der Waals surface area contributed by atoms with Crippen molar-refractivity contribution in [1.29, 1.82) is 0 Å². The van der Waals surface area contributed by atoms with Gasteiger partial charge in [0.25, 0.3) is 15.0 Å². The molecule has 1 aliphatic carbocycles. The summed E-state index contributed by atoms with van der Waals surface area (Å²) < 4.78 is 22.9. The number of benzene rings is 1. The molecule has 1 saturated carbocycles. The van der Waals surface area contributed by atoms with E-state index in [0.29, 0.717) is 12.0 Å². The predicted octanol–water partition coefficient (Wildman–Crippen LogP) is 3.24. The Balaban J connectivity index is 2.34. The fraction of sp³-hybridized carbons (Fsp3) is 0.533. The summed E-state index contributed by atoms with van der Waals surface area (Å²) in [5, 5.41) is 3.05. The van der Waals surface area contributed by atoms with E-state index in [4.69, 9.17) is 10.7 Å². The van der Waals surface area contributed by atoms with E-state index < -0.39 is 9.05 Å². The Morgan fingerprint density at radius 3 is 2.48 bits per heavy atom. The van der Waals surface area contributed by atoms with Crippen molar-refractivity contribution in [3.63, 3.8) is 0 Å². The lowest BCUT2D eigenvalue weighted by Crippen LogP contribution is -2.43. The van der Waals surface area contributed by atoms with Gasteiger partial charge in [-0.05, 0) is 43.9 Å². The molecule has 0 unspecified atom stereocenters. The molecule has 2 rings (SSSR count). The van der Waals surface area contributed by atoms with Crippen molar-refractivity contribution in [2.75, 3.05) is 0 Å². The summed E-state index contributed by atoms with van der Waals surface area (Å²) in [6, 6.07) is 4.46. The minimum absolute atomic E-state index is 0.0388. The minimum Gasteiger partial charge on any atom is -0.347 e. The molecule has 0 bridgehead atoms. The van der Waals surface area contributed by atoms with E-state index in [-0.39, 0.29) is 16.3 Å². The van der Waals surface area contributed by atoms with E-state index in [1.54, 1.807) is 6.07 Å². The fourth-order valence-electron chi connectivity index (χ4n) is 2.85. The number of carbonyl (C=O) groups excluding carboxylic acids is 1. The highest BCUT2D eigenvalue weighted by atomic mass is 35.7. The fourth-order valence-corrected chi connectivity index (χ4v) is 3.63. The van der Waals surface area contributed by atoms with Gasteiger partial charge in [0.1, 0.15) is 0 Å². The normalized spacial score (nSPS) is 17.7. The van der Waals surface area contributed by atoms with Crippen LogP contribution in [0.1, 0.15) is 55.5 Å². The van der Waals surface area contributed by atoms with Crippen LogP contribution in [0.3, 0.4) is 0 Å². The highest BCUT2D eigenvalue weighted by molar-refractivity contribution is 8.13. The standard InChI is InChI=1S/C15H20ClNO3S/c1-3-11-6-7-12(21(16,19)20)10-13(11)14(18)17-15(2)8-4-5-9-15/h6-7,10H,3-5,8-9H2,1-2H3,(H,17,18). The first-order chi connectivity index (χ1) is 9.75. The summed E-state index contributed by atoms with van der Waals surface area (Å²) in [6.07, 6.45) is 4.77. The third kappa shape index (κ3) is 3.77. The van der Waals surface area contributed by atoms with Gasteiger partial charge in [0.15, 0.2) is 0 Å². The first-order valence-electron chi connectivity index (χ1n) is 7.15. The molecule has 0 spiro atoms. The van der Waals surface area contributed by atoms with Crippen LogP contribution < -0.4 is 5.32 Å². The first-order valence-corrected chi connectivity index (χ1v) is 9.46. The lowest BCUT2D eigenvalue weighted by atomic mass is 9.98. The van der Waals surface area contributed by atoms with E-state index >= 15 is 0 Å². The van der Waals surface area contributed by atoms with Gasteiger partial charge >= 0.3 is 0 Å². The quantitative estimate of drug-likeness (QED) is 0.862. The van der Waals surface area contributed by atoms with Crippen molar-refractivity contribution < 1.29 is 13.2 Å². The first kappa shape index (κ1) is 16.3. The molecule has 1 aliphatic rings. The second-order valence-corrected chi connectivity index (χ2v) is 8.40. The molecule has 0 heterocycles. The van der Waals surface area contributed by atoms with Gasteiger partial charge in [-0.3, -0.25) is 4.79 Å². The lowest BCUT2D eigenvalue weighted by Gasteiger charge is -2.26. The Hall–Kier alpha value is -1.07. The number of rotatable bonds is 4.